The van der Waals surface area contributed by atoms with Gasteiger partial charge in [-0.15, -0.1) is 0 Å². The molecular formula is C18H21N2. The Bertz CT molecular complexity index is 464. The zero-order valence-corrected chi connectivity index (χ0v) is 11.8. The molecule has 2 heteroatoms. The monoisotopic (exact) mass is 265 g/mol. The van der Waals surface area contributed by atoms with E-state index in [1.54, 1.807) is 0 Å². The summed E-state index contributed by atoms with van der Waals surface area (Å²) >= 11 is 0. The van der Waals surface area contributed by atoms with Gasteiger partial charge in [-0.3, -0.25) is 4.90 Å². The summed E-state index contributed by atoms with van der Waals surface area (Å²) in [4.78, 5) is 2.54. The topological polar surface area (TPSA) is 17.3 Å². The molecule has 1 saturated heterocycles. The molecular weight excluding hydrogens is 244 g/mol. The lowest BCUT2D eigenvalue weighted by atomic mass is 9.90. The number of hydrogen-bond donors (Lipinski definition) is 0. The van der Waals surface area contributed by atoms with E-state index in [4.69, 9.17) is 0 Å². The highest BCUT2D eigenvalue weighted by molar-refractivity contribution is 5.32. The van der Waals surface area contributed by atoms with Crippen LogP contribution in [0.5, 0.6) is 0 Å². The Balaban J connectivity index is 1.83. The molecule has 0 N–H and O–H groups in total. The summed E-state index contributed by atoms with van der Waals surface area (Å²) in [6.07, 6.45) is 0. The maximum Gasteiger partial charge on any atom is 0.0261 e. The molecule has 1 heterocycles. The Hall–Kier alpha value is -1.64. The van der Waals surface area contributed by atoms with Crippen LogP contribution in [0.3, 0.4) is 0 Å². The second-order valence-electron chi connectivity index (χ2n) is 5.35. The molecule has 1 fully saturated rings. The van der Waals surface area contributed by atoms with Crippen molar-refractivity contribution in [1.29, 1.82) is 0 Å². The van der Waals surface area contributed by atoms with E-state index in [9.17, 15) is 0 Å². The molecule has 0 saturated carbocycles. The smallest absolute Gasteiger partial charge is 0.0261 e. The first kappa shape index (κ1) is 13.3. The van der Waals surface area contributed by atoms with Crippen LogP contribution in [0.25, 0.3) is 0 Å². The number of benzene rings is 2. The summed E-state index contributed by atoms with van der Waals surface area (Å²) in [6.45, 7) is 5.24. The van der Waals surface area contributed by atoms with Gasteiger partial charge in [0.25, 0.3) is 0 Å². The molecule has 1 radical (unpaired) electrons. The lowest BCUT2D eigenvalue weighted by molar-refractivity contribution is 0.232. The fourth-order valence-electron chi connectivity index (χ4n) is 2.86. The van der Waals surface area contributed by atoms with Crippen LogP contribution in [0, 0.1) is 0 Å². The molecule has 1 aliphatic heterocycles. The fraction of sp³-hybridized carbons (Fsp3) is 0.333. The fourth-order valence-corrected chi connectivity index (χ4v) is 2.86. The summed E-state index contributed by atoms with van der Waals surface area (Å²) in [7, 11) is 0. The Morgan fingerprint density at radius 2 is 1.30 bits per heavy atom. The van der Waals surface area contributed by atoms with Crippen LogP contribution in [0.1, 0.15) is 17.0 Å². The second-order valence-corrected chi connectivity index (χ2v) is 5.35. The van der Waals surface area contributed by atoms with Crippen LogP contribution in [-0.4, -0.2) is 37.6 Å². The van der Waals surface area contributed by atoms with Crippen LogP contribution < -0.4 is 5.32 Å². The van der Waals surface area contributed by atoms with Gasteiger partial charge in [0.05, 0.1) is 0 Å². The van der Waals surface area contributed by atoms with Crippen molar-refractivity contribution < 1.29 is 0 Å². The van der Waals surface area contributed by atoms with E-state index in [-0.39, 0.29) is 0 Å². The lowest BCUT2D eigenvalue weighted by Gasteiger charge is -2.30. The zero-order chi connectivity index (χ0) is 13.6. The quantitative estimate of drug-likeness (QED) is 0.831. The van der Waals surface area contributed by atoms with Gasteiger partial charge in [-0.05, 0) is 11.1 Å². The Morgan fingerprint density at radius 3 is 1.80 bits per heavy atom. The first-order chi connectivity index (χ1) is 9.93. The first-order valence-electron chi connectivity index (χ1n) is 7.39. The average Bonchev–Trinajstić information content (AvgIpc) is 2.55. The predicted molar refractivity (Wildman–Crippen MR) is 83.0 cm³/mol. The summed E-state index contributed by atoms with van der Waals surface area (Å²) in [5.41, 5.74) is 2.81. The van der Waals surface area contributed by atoms with E-state index >= 15 is 0 Å². The third-order valence-corrected chi connectivity index (χ3v) is 3.99. The Kier molecular flexibility index (Phi) is 4.46. The maximum absolute atomic E-state index is 4.44. The average molecular weight is 265 g/mol. The van der Waals surface area contributed by atoms with Gasteiger partial charge in [0.1, 0.15) is 0 Å². The van der Waals surface area contributed by atoms with Crippen LogP contribution in [0.4, 0.5) is 0 Å². The standard InChI is InChI=1S/C18H21N2/c1-3-7-16(8-4-1)18(17-9-5-2-6-10-17)15-20-13-11-19-12-14-20/h1-10,18H,11-15H2. The number of nitrogens with zero attached hydrogens (tertiary/aromatic N) is 2. The molecule has 0 aromatic heterocycles. The van der Waals surface area contributed by atoms with Crippen molar-refractivity contribution in [2.24, 2.45) is 0 Å². The molecule has 20 heavy (non-hydrogen) atoms. The van der Waals surface area contributed by atoms with Crippen molar-refractivity contribution in [3.63, 3.8) is 0 Å². The van der Waals surface area contributed by atoms with Gasteiger partial charge in [-0.2, -0.15) is 0 Å². The zero-order valence-electron chi connectivity index (χ0n) is 11.8. The molecule has 3 rings (SSSR count). The Morgan fingerprint density at radius 1 is 0.800 bits per heavy atom. The minimum Gasteiger partial charge on any atom is -0.300 e. The third-order valence-electron chi connectivity index (χ3n) is 3.99. The second kappa shape index (κ2) is 6.69. The lowest BCUT2D eigenvalue weighted by Crippen LogP contribution is -2.42. The molecule has 0 spiro atoms. The SMILES string of the molecule is c1ccc(C(CN2CC[N]CC2)c2ccccc2)cc1. The molecule has 2 aromatic carbocycles. The van der Waals surface area contributed by atoms with Gasteiger partial charge in [0.2, 0.25) is 0 Å². The summed E-state index contributed by atoms with van der Waals surface area (Å²) in [5, 5.41) is 4.44. The highest BCUT2D eigenvalue weighted by Gasteiger charge is 2.19. The first-order valence-corrected chi connectivity index (χ1v) is 7.39. The highest BCUT2D eigenvalue weighted by atomic mass is 15.2. The largest absolute Gasteiger partial charge is 0.300 e. The summed E-state index contributed by atoms with van der Waals surface area (Å²) in [5.74, 6) is 0.454. The molecule has 1 aliphatic rings. The molecule has 2 nitrogen and oxygen atoms in total. The molecule has 103 valence electrons. The van der Waals surface area contributed by atoms with Gasteiger partial charge < -0.3 is 0 Å². The predicted octanol–water partition coefficient (Wildman–Crippen LogP) is 2.74. The van der Waals surface area contributed by atoms with Crippen molar-refractivity contribution in [3.05, 3.63) is 71.8 Å². The molecule has 0 amide bonds. The summed E-state index contributed by atoms with van der Waals surface area (Å²) in [6, 6.07) is 21.7. The van der Waals surface area contributed by atoms with Crippen LogP contribution in [0.15, 0.2) is 60.7 Å². The van der Waals surface area contributed by atoms with Gasteiger partial charge in [0, 0.05) is 38.6 Å². The molecule has 0 atom stereocenters. The van der Waals surface area contributed by atoms with Crippen molar-refractivity contribution in [2.45, 2.75) is 5.92 Å². The van der Waals surface area contributed by atoms with Crippen LogP contribution in [0.2, 0.25) is 0 Å². The maximum atomic E-state index is 4.44. The Labute approximate surface area is 121 Å². The number of rotatable bonds is 4. The van der Waals surface area contributed by atoms with Gasteiger partial charge in [0.15, 0.2) is 0 Å². The molecule has 2 aromatic rings. The third kappa shape index (κ3) is 3.27. The minimum absolute atomic E-state index is 0.454. The van der Waals surface area contributed by atoms with E-state index in [1.807, 2.05) is 0 Å². The van der Waals surface area contributed by atoms with E-state index in [1.165, 1.54) is 11.1 Å². The molecule has 0 unspecified atom stereocenters. The number of piperazine rings is 1. The van der Waals surface area contributed by atoms with E-state index < -0.39 is 0 Å². The number of hydrogen-bond acceptors (Lipinski definition) is 1. The van der Waals surface area contributed by atoms with Crippen molar-refractivity contribution in [3.8, 4) is 0 Å². The summed E-state index contributed by atoms with van der Waals surface area (Å²) < 4.78 is 0. The van der Waals surface area contributed by atoms with E-state index in [0.717, 1.165) is 32.7 Å². The van der Waals surface area contributed by atoms with Crippen molar-refractivity contribution in [1.82, 2.24) is 10.2 Å². The normalized spacial score (nSPS) is 16.4. The van der Waals surface area contributed by atoms with Gasteiger partial charge in [-0.25, -0.2) is 5.32 Å². The molecule has 0 bridgehead atoms. The van der Waals surface area contributed by atoms with Crippen LogP contribution >= 0.6 is 0 Å². The minimum atomic E-state index is 0.454. The van der Waals surface area contributed by atoms with Crippen molar-refractivity contribution in [2.75, 3.05) is 32.7 Å². The molecule has 0 aliphatic carbocycles. The van der Waals surface area contributed by atoms with Gasteiger partial charge in [-0.1, -0.05) is 60.7 Å². The van der Waals surface area contributed by atoms with E-state index in [0.29, 0.717) is 5.92 Å². The van der Waals surface area contributed by atoms with E-state index in [2.05, 4.69) is 70.9 Å². The highest BCUT2D eigenvalue weighted by Crippen LogP contribution is 2.25. The van der Waals surface area contributed by atoms with Crippen LogP contribution in [-0.2, 0) is 0 Å². The van der Waals surface area contributed by atoms with Gasteiger partial charge >= 0.3 is 0 Å². The van der Waals surface area contributed by atoms with Crippen molar-refractivity contribution >= 4 is 0 Å².